The maximum absolute atomic E-state index is 12.4. The van der Waals surface area contributed by atoms with Gasteiger partial charge in [0.05, 0.1) is 5.75 Å². The van der Waals surface area contributed by atoms with E-state index >= 15 is 0 Å². The highest BCUT2D eigenvalue weighted by Gasteiger charge is 2.27. The lowest BCUT2D eigenvalue weighted by Crippen LogP contribution is -2.51. The maximum Gasteiger partial charge on any atom is 0.222 e. The Morgan fingerprint density at radius 1 is 1.08 bits per heavy atom. The molecule has 0 aromatic heterocycles. The third-order valence-corrected chi connectivity index (χ3v) is 6.80. The maximum atomic E-state index is 12.4. The summed E-state index contributed by atoms with van der Waals surface area (Å²) < 4.78 is 25.7. The van der Waals surface area contributed by atoms with Gasteiger partial charge in [0.1, 0.15) is 0 Å². The lowest BCUT2D eigenvalue weighted by atomic mass is 10.00. The first-order chi connectivity index (χ1) is 11.8. The van der Waals surface area contributed by atoms with Gasteiger partial charge in [0.2, 0.25) is 15.9 Å². The quantitative estimate of drug-likeness (QED) is 0.745. The summed E-state index contributed by atoms with van der Waals surface area (Å²) >= 11 is 0. The molecule has 6 heteroatoms. The van der Waals surface area contributed by atoms with E-state index in [9.17, 15) is 13.2 Å². The first-order valence-corrected chi connectivity index (χ1v) is 10.8. The molecule has 0 bridgehead atoms. The minimum Gasteiger partial charge on any atom is -0.340 e. The molecule has 0 N–H and O–H groups in total. The van der Waals surface area contributed by atoms with E-state index in [-0.39, 0.29) is 11.7 Å². The van der Waals surface area contributed by atoms with Crippen LogP contribution in [0.2, 0.25) is 0 Å². The molecule has 1 aliphatic heterocycles. The minimum absolute atomic E-state index is 0.112. The fraction of sp³-hybridized carbons (Fsp3) is 0.632. The highest BCUT2D eigenvalue weighted by atomic mass is 32.2. The number of rotatable bonds is 7. The standard InChI is InChI=1S/C19H30N2O3S/c1-4-15-25(23,24)21-13-11-20(12-14-21)19(22)10-7-17-5-8-18(9-6-17)16(2)3/h5-6,8-9,16H,4,7,10-15H2,1-3H3. The van der Waals surface area contributed by atoms with Gasteiger partial charge in [0.25, 0.3) is 0 Å². The van der Waals surface area contributed by atoms with Crippen LogP contribution in [0.5, 0.6) is 0 Å². The number of piperazine rings is 1. The van der Waals surface area contributed by atoms with Crippen molar-refractivity contribution in [2.24, 2.45) is 0 Å². The summed E-state index contributed by atoms with van der Waals surface area (Å²) in [6, 6.07) is 8.44. The Labute approximate surface area is 152 Å². The third-order valence-electron chi connectivity index (χ3n) is 4.72. The Bertz CT molecular complexity index is 660. The summed E-state index contributed by atoms with van der Waals surface area (Å²) in [5.74, 6) is 0.810. The summed E-state index contributed by atoms with van der Waals surface area (Å²) in [5.41, 5.74) is 2.47. The van der Waals surface area contributed by atoms with Crippen molar-refractivity contribution < 1.29 is 13.2 Å². The van der Waals surface area contributed by atoms with Crippen molar-refractivity contribution in [1.82, 2.24) is 9.21 Å². The molecule has 140 valence electrons. The van der Waals surface area contributed by atoms with Crippen LogP contribution in [0.3, 0.4) is 0 Å². The SMILES string of the molecule is CCCS(=O)(=O)N1CCN(C(=O)CCc2ccc(C(C)C)cc2)CC1. The summed E-state index contributed by atoms with van der Waals surface area (Å²) in [4.78, 5) is 14.2. The molecule has 0 saturated carbocycles. The molecule has 1 aromatic rings. The molecule has 1 fully saturated rings. The summed E-state index contributed by atoms with van der Waals surface area (Å²) in [7, 11) is -3.15. The van der Waals surface area contributed by atoms with Crippen molar-refractivity contribution in [1.29, 1.82) is 0 Å². The average molecular weight is 367 g/mol. The molecule has 0 spiro atoms. The summed E-state index contributed by atoms with van der Waals surface area (Å²) in [6.07, 6.45) is 1.82. The van der Waals surface area contributed by atoms with Crippen molar-refractivity contribution >= 4 is 15.9 Å². The van der Waals surface area contributed by atoms with Gasteiger partial charge in [0, 0.05) is 32.6 Å². The first-order valence-electron chi connectivity index (χ1n) is 9.18. The molecule has 0 unspecified atom stereocenters. The highest BCUT2D eigenvalue weighted by Crippen LogP contribution is 2.16. The molecule has 0 atom stereocenters. The predicted octanol–water partition coefficient (Wildman–Crippen LogP) is 2.63. The van der Waals surface area contributed by atoms with E-state index in [2.05, 4.69) is 38.1 Å². The van der Waals surface area contributed by atoms with Crippen LogP contribution in [0.25, 0.3) is 0 Å². The fourth-order valence-electron chi connectivity index (χ4n) is 3.08. The minimum atomic E-state index is -3.15. The lowest BCUT2D eigenvalue weighted by molar-refractivity contribution is -0.132. The molecule has 1 aliphatic rings. The Kier molecular flexibility index (Phi) is 7.02. The van der Waals surface area contributed by atoms with Crippen LogP contribution in [0.4, 0.5) is 0 Å². The van der Waals surface area contributed by atoms with E-state index in [1.54, 1.807) is 4.90 Å². The van der Waals surface area contributed by atoms with Gasteiger partial charge in [-0.15, -0.1) is 0 Å². The Morgan fingerprint density at radius 2 is 1.68 bits per heavy atom. The van der Waals surface area contributed by atoms with Crippen LogP contribution in [-0.2, 0) is 21.2 Å². The van der Waals surface area contributed by atoms with Crippen LogP contribution < -0.4 is 0 Å². The van der Waals surface area contributed by atoms with E-state index < -0.39 is 10.0 Å². The van der Waals surface area contributed by atoms with Gasteiger partial charge < -0.3 is 4.90 Å². The van der Waals surface area contributed by atoms with Gasteiger partial charge in [-0.25, -0.2) is 8.42 Å². The zero-order valence-corrected chi connectivity index (χ0v) is 16.4. The number of hydrogen-bond donors (Lipinski definition) is 0. The van der Waals surface area contributed by atoms with Crippen molar-refractivity contribution in [3.05, 3.63) is 35.4 Å². The van der Waals surface area contributed by atoms with Crippen molar-refractivity contribution in [2.75, 3.05) is 31.9 Å². The molecule has 0 radical (unpaired) electrons. The molecule has 2 rings (SSSR count). The second-order valence-electron chi connectivity index (χ2n) is 6.99. The van der Waals surface area contributed by atoms with Gasteiger partial charge in [0.15, 0.2) is 0 Å². The molecule has 1 amide bonds. The van der Waals surface area contributed by atoms with Crippen molar-refractivity contribution in [3.8, 4) is 0 Å². The fourth-order valence-corrected chi connectivity index (χ4v) is 4.58. The monoisotopic (exact) mass is 366 g/mol. The number of hydrogen-bond acceptors (Lipinski definition) is 3. The third kappa shape index (κ3) is 5.54. The summed E-state index contributed by atoms with van der Waals surface area (Å²) in [5, 5.41) is 0. The van der Waals surface area contributed by atoms with Crippen molar-refractivity contribution in [3.63, 3.8) is 0 Å². The van der Waals surface area contributed by atoms with Crippen LogP contribution in [0.1, 0.15) is 50.7 Å². The second-order valence-corrected chi connectivity index (χ2v) is 9.08. The van der Waals surface area contributed by atoms with E-state index in [1.807, 2.05) is 6.92 Å². The Balaban J connectivity index is 1.81. The Hall–Kier alpha value is -1.40. The molecule has 5 nitrogen and oxygen atoms in total. The largest absolute Gasteiger partial charge is 0.340 e. The smallest absolute Gasteiger partial charge is 0.222 e. The topological polar surface area (TPSA) is 57.7 Å². The number of carbonyl (C=O) groups is 1. The zero-order valence-electron chi connectivity index (χ0n) is 15.6. The van der Waals surface area contributed by atoms with Gasteiger partial charge in [-0.1, -0.05) is 45.0 Å². The van der Waals surface area contributed by atoms with Gasteiger partial charge >= 0.3 is 0 Å². The van der Waals surface area contributed by atoms with Crippen LogP contribution in [0, 0.1) is 0 Å². The van der Waals surface area contributed by atoms with Crippen LogP contribution in [-0.4, -0.2) is 55.5 Å². The summed E-state index contributed by atoms with van der Waals surface area (Å²) in [6.45, 7) is 8.01. The molecular weight excluding hydrogens is 336 g/mol. The van der Waals surface area contributed by atoms with Gasteiger partial charge in [-0.3, -0.25) is 4.79 Å². The van der Waals surface area contributed by atoms with Crippen LogP contribution in [0.15, 0.2) is 24.3 Å². The molecule has 1 aromatic carbocycles. The Morgan fingerprint density at radius 3 is 2.20 bits per heavy atom. The van der Waals surface area contributed by atoms with Gasteiger partial charge in [-0.05, 0) is 29.9 Å². The second kappa shape index (κ2) is 8.81. The first kappa shape index (κ1) is 19.9. The predicted molar refractivity (Wildman–Crippen MR) is 101 cm³/mol. The highest BCUT2D eigenvalue weighted by molar-refractivity contribution is 7.89. The van der Waals surface area contributed by atoms with E-state index in [0.29, 0.717) is 44.9 Å². The normalized spacial score (nSPS) is 16.4. The number of amides is 1. The molecule has 0 aliphatic carbocycles. The van der Waals surface area contributed by atoms with E-state index in [4.69, 9.17) is 0 Å². The average Bonchev–Trinajstić information content (AvgIpc) is 2.60. The molecular formula is C19H30N2O3S. The van der Waals surface area contributed by atoms with Crippen molar-refractivity contribution in [2.45, 2.75) is 46.0 Å². The van der Waals surface area contributed by atoms with E-state index in [0.717, 1.165) is 6.42 Å². The zero-order chi connectivity index (χ0) is 18.4. The molecule has 1 heterocycles. The molecule has 25 heavy (non-hydrogen) atoms. The number of aryl methyl sites for hydroxylation is 1. The number of nitrogens with zero attached hydrogens (tertiary/aromatic N) is 2. The van der Waals surface area contributed by atoms with Crippen LogP contribution >= 0.6 is 0 Å². The number of benzene rings is 1. The molecule has 1 saturated heterocycles. The number of sulfonamides is 1. The van der Waals surface area contributed by atoms with E-state index in [1.165, 1.54) is 15.4 Å². The van der Waals surface area contributed by atoms with Gasteiger partial charge in [-0.2, -0.15) is 4.31 Å². The lowest BCUT2D eigenvalue weighted by Gasteiger charge is -2.34. The number of carbonyl (C=O) groups excluding carboxylic acids is 1.